The van der Waals surface area contributed by atoms with Crippen molar-refractivity contribution in [3.05, 3.63) is 71.8 Å². The molecule has 4 rings (SSSR count). The van der Waals surface area contributed by atoms with Gasteiger partial charge in [-0.05, 0) is 28.8 Å². The minimum absolute atomic E-state index is 0.160. The zero-order valence-electron chi connectivity index (χ0n) is 17.8. The minimum Gasteiger partial charge on any atom is -0.445 e. The summed E-state index contributed by atoms with van der Waals surface area (Å²) >= 11 is 0. The summed E-state index contributed by atoms with van der Waals surface area (Å²) in [5.74, 6) is -0.160. The van der Waals surface area contributed by atoms with Crippen molar-refractivity contribution in [2.24, 2.45) is 0 Å². The Labute approximate surface area is 186 Å². The molecule has 1 fully saturated rings. The first-order valence-electron chi connectivity index (χ1n) is 10.5. The van der Waals surface area contributed by atoms with Gasteiger partial charge >= 0.3 is 12.2 Å². The molecule has 1 saturated heterocycles. The molecule has 32 heavy (non-hydrogen) atoms. The lowest BCUT2D eigenvalue weighted by atomic mass is 10.1. The Bertz CT molecular complexity index is 1020. The molecule has 0 aliphatic carbocycles. The number of carbonyl (C=O) groups is 3. The highest BCUT2D eigenvalue weighted by Gasteiger charge is 2.32. The molecule has 2 aromatic rings. The van der Waals surface area contributed by atoms with Crippen LogP contribution in [0.25, 0.3) is 5.57 Å². The van der Waals surface area contributed by atoms with Gasteiger partial charge in [0.2, 0.25) is 5.91 Å². The Morgan fingerprint density at radius 1 is 1.12 bits per heavy atom. The average Bonchev–Trinajstić information content (AvgIpc) is 3.44. The van der Waals surface area contributed by atoms with Gasteiger partial charge in [-0.25, -0.2) is 9.59 Å². The normalized spacial score (nSPS) is 17.7. The zero-order chi connectivity index (χ0) is 22.5. The molecule has 0 spiro atoms. The Kier molecular flexibility index (Phi) is 6.39. The highest BCUT2D eigenvalue weighted by molar-refractivity contribution is 5.90. The van der Waals surface area contributed by atoms with E-state index in [1.54, 1.807) is 9.80 Å². The largest absolute Gasteiger partial charge is 0.445 e. The predicted octanol–water partition coefficient (Wildman–Crippen LogP) is 3.18. The molecule has 166 valence electrons. The number of nitrogens with one attached hydrogen (secondary N) is 1. The molecule has 2 aliphatic rings. The van der Waals surface area contributed by atoms with Gasteiger partial charge in [-0.15, -0.1) is 0 Å². The lowest BCUT2D eigenvalue weighted by Gasteiger charge is -2.17. The summed E-state index contributed by atoms with van der Waals surface area (Å²) in [5.41, 5.74) is 3.68. The van der Waals surface area contributed by atoms with Crippen LogP contribution < -0.4 is 10.2 Å². The summed E-state index contributed by atoms with van der Waals surface area (Å²) in [6, 6.07) is 17.1. The van der Waals surface area contributed by atoms with Gasteiger partial charge in [0, 0.05) is 25.7 Å². The van der Waals surface area contributed by atoms with E-state index in [1.807, 2.05) is 60.7 Å². The third-order valence-electron chi connectivity index (χ3n) is 5.39. The number of carbonyl (C=O) groups excluding carboxylic acids is 3. The highest BCUT2D eigenvalue weighted by Crippen LogP contribution is 2.26. The van der Waals surface area contributed by atoms with Crippen LogP contribution >= 0.6 is 0 Å². The monoisotopic (exact) mass is 435 g/mol. The van der Waals surface area contributed by atoms with Gasteiger partial charge in [-0.2, -0.15) is 0 Å². The van der Waals surface area contributed by atoms with Crippen molar-refractivity contribution in [3.63, 3.8) is 0 Å². The van der Waals surface area contributed by atoms with Crippen molar-refractivity contribution in [2.75, 3.05) is 31.1 Å². The highest BCUT2D eigenvalue weighted by atomic mass is 16.6. The number of cyclic esters (lactones) is 1. The van der Waals surface area contributed by atoms with Gasteiger partial charge in [-0.1, -0.05) is 48.5 Å². The maximum absolute atomic E-state index is 12.4. The summed E-state index contributed by atoms with van der Waals surface area (Å²) in [6.45, 7) is 3.30. The van der Waals surface area contributed by atoms with Crippen LogP contribution in [0.15, 0.2) is 60.7 Å². The van der Waals surface area contributed by atoms with Crippen molar-refractivity contribution in [1.82, 2.24) is 10.2 Å². The Balaban J connectivity index is 1.30. The van der Waals surface area contributed by atoms with E-state index in [-0.39, 0.29) is 24.7 Å². The van der Waals surface area contributed by atoms with E-state index >= 15 is 0 Å². The van der Waals surface area contributed by atoms with Crippen molar-refractivity contribution in [3.8, 4) is 0 Å². The number of anilines is 1. The fourth-order valence-corrected chi connectivity index (χ4v) is 3.67. The average molecular weight is 435 g/mol. The van der Waals surface area contributed by atoms with E-state index in [4.69, 9.17) is 9.47 Å². The lowest BCUT2D eigenvalue weighted by Crippen LogP contribution is -2.33. The number of hydrogen-bond donors (Lipinski definition) is 1. The molecule has 1 N–H and O–H groups in total. The third kappa shape index (κ3) is 5.08. The van der Waals surface area contributed by atoms with Gasteiger partial charge < -0.3 is 19.7 Å². The number of nitrogens with zero attached hydrogens (tertiary/aromatic N) is 2. The van der Waals surface area contributed by atoms with Crippen LogP contribution in [0.2, 0.25) is 0 Å². The Morgan fingerprint density at radius 3 is 2.59 bits per heavy atom. The quantitative estimate of drug-likeness (QED) is 0.753. The van der Waals surface area contributed by atoms with E-state index in [2.05, 4.69) is 5.32 Å². The first-order valence-corrected chi connectivity index (χ1v) is 10.5. The lowest BCUT2D eigenvalue weighted by molar-refractivity contribution is -0.119. The maximum atomic E-state index is 12.4. The van der Waals surface area contributed by atoms with Crippen molar-refractivity contribution < 1.29 is 23.9 Å². The van der Waals surface area contributed by atoms with Gasteiger partial charge in [0.1, 0.15) is 12.7 Å². The summed E-state index contributed by atoms with van der Waals surface area (Å²) < 4.78 is 10.7. The minimum atomic E-state index is -0.430. The first-order chi connectivity index (χ1) is 15.5. The molecule has 1 atom stereocenters. The second-order valence-corrected chi connectivity index (χ2v) is 7.75. The molecule has 0 aromatic heterocycles. The molecule has 0 saturated carbocycles. The molecule has 8 heteroatoms. The molecule has 3 amide bonds. The van der Waals surface area contributed by atoms with Crippen molar-refractivity contribution in [1.29, 1.82) is 0 Å². The Hall–Kier alpha value is -3.81. The van der Waals surface area contributed by atoms with Crippen LogP contribution in [-0.4, -0.2) is 55.3 Å². The van der Waals surface area contributed by atoms with Crippen LogP contribution in [0.5, 0.6) is 0 Å². The number of benzene rings is 2. The fourth-order valence-electron chi connectivity index (χ4n) is 3.67. The second kappa shape index (κ2) is 9.55. The number of ether oxygens (including phenoxy) is 2. The van der Waals surface area contributed by atoms with Crippen LogP contribution in [0.4, 0.5) is 15.3 Å². The summed E-state index contributed by atoms with van der Waals surface area (Å²) in [5, 5.41) is 2.66. The number of amides is 3. The van der Waals surface area contributed by atoms with Gasteiger partial charge in [0.05, 0.1) is 13.1 Å². The smallest absolute Gasteiger partial charge is 0.414 e. The fraction of sp³-hybridized carbons (Fsp3) is 0.292. The number of rotatable bonds is 6. The van der Waals surface area contributed by atoms with E-state index in [1.165, 1.54) is 6.92 Å². The zero-order valence-corrected chi connectivity index (χ0v) is 17.8. The summed E-state index contributed by atoms with van der Waals surface area (Å²) in [6.07, 6.45) is 0.855. The van der Waals surface area contributed by atoms with Gasteiger partial charge in [-0.3, -0.25) is 9.69 Å². The summed E-state index contributed by atoms with van der Waals surface area (Å²) in [4.78, 5) is 38.8. The topological polar surface area (TPSA) is 88.2 Å². The molecule has 2 aromatic carbocycles. The number of hydrogen-bond acceptors (Lipinski definition) is 5. The Morgan fingerprint density at radius 2 is 1.88 bits per heavy atom. The maximum Gasteiger partial charge on any atom is 0.414 e. The predicted molar refractivity (Wildman–Crippen MR) is 119 cm³/mol. The third-order valence-corrected chi connectivity index (χ3v) is 5.39. The van der Waals surface area contributed by atoms with E-state index < -0.39 is 6.09 Å². The first kappa shape index (κ1) is 21.4. The van der Waals surface area contributed by atoms with E-state index in [0.29, 0.717) is 26.2 Å². The molecular weight excluding hydrogens is 410 g/mol. The van der Waals surface area contributed by atoms with Gasteiger partial charge in [0.25, 0.3) is 0 Å². The molecule has 0 radical (unpaired) electrons. The molecule has 0 unspecified atom stereocenters. The SMILES string of the molecule is CC(=O)NC[C@H]1CN(c2ccc(C3=CCN(C(=O)OCc4ccccc4)C3)cc2)C(=O)O1. The molecule has 2 aliphatic heterocycles. The molecule has 2 heterocycles. The van der Waals surface area contributed by atoms with Gasteiger partial charge in [0.15, 0.2) is 0 Å². The van der Waals surface area contributed by atoms with Crippen molar-refractivity contribution in [2.45, 2.75) is 19.6 Å². The second-order valence-electron chi connectivity index (χ2n) is 7.75. The molecular formula is C24H25N3O5. The van der Waals surface area contributed by atoms with E-state index in [9.17, 15) is 14.4 Å². The standard InChI is InChI=1S/C24H25N3O5/c1-17(28)25-13-22-15-27(24(30)32-22)21-9-7-19(8-10-21)20-11-12-26(14-20)23(29)31-16-18-5-3-2-4-6-18/h2-11,22H,12-16H2,1H3,(H,25,28)/t22-/m0/s1. The van der Waals surface area contributed by atoms with Crippen LogP contribution in [0, 0.1) is 0 Å². The van der Waals surface area contributed by atoms with Crippen LogP contribution in [-0.2, 0) is 20.9 Å². The van der Waals surface area contributed by atoms with Crippen molar-refractivity contribution >= 4 is 29.4 Å². The van der Waals surface area contributed by atoms with Crippen LogP contribution in [0.3, 0.4) is 0 Å². The molecule has 0 bridgehead atoms. The summed E-state index contributed by atoms with van der Waals surface area (Å²) in [7, 11) is 0. The van der Waals surface area contributed by atoms with Crippen LogP contribution in [0.1, 0.15) is 18.1 Å². The molecule has 8 nitrogen and oxygen atoms in total. The van der Waals surface area contributed by atoms with E-state index in [0.717, 1.165) is 22.4 Å².